The predicted molar refractivity (Wildman–Crippen MR) is 61.5 cm³/mol. The van der Waals surface area contributed by atoms with Crippen LogP contribution in [0.15, 0.2) is 18.2 Å². The van der Waals surface area contributed by atoms with Gasteiger partial charge in [0.15, 0.2) is 0 Å². The van der Waals surface area contributed by atoms with Gasteiger partial charge in [0.25, 0.3) is 0 Å². The van der Waals surface area contributed by atoms with Gasteiger partial charge in [-0.3, -0.25) is 4.79 Å². The quantitative estimate of drug-likeness (QED) is 0.839. The smallest absolute Gasteiger partial charge is 0.248 e. The topological polar surface area (TPSA) is 58.6 Å². The minimum atomic E-state index is -1.02. The zero-order valence-electron chi connectivity index (χ0n) is 9.16. The molecule has 1 unspecified atom stereocenters. The maximum atomic E-state index is 11.1. The molecule has 0 radical (unpaired) electrons. The molecular formula is C11H14ClNO3. The molecule has 0 aromatic heterocycles. The van der Waals surface area contributed by atoms with Crippen molar-refractivity contribution in [3.63, 3.8) is 0 Å². The van der Waals surface area contributed by atoms with E-state index < -0.39 is 12.0 Å². The van der Waals surface area contributed by atoms with Crippen molar-refractivity contribution in [2.75, 3.05) is 7.11 Å². The number of ether oxygens (including phenoxy) is 1. The van der Waals surface area contributed by atoms with Crippen LogP contribution < -0.4 is 10.1 Å². The van der Waals surface area contributed by atoms with Crippen LogP contribution in [0.1, 0.15) is 12.5 Å². The predicted octanol–water partition coefficient (Wildman–Crippen LogP) is 1.35. The number of benzene rings is 1. The number of hydrogen-bond donors (Lipinski definition) is 2. The van der Waals surface area contributed by atoms with Crippen LogP contribution in [-0.2, 0) is 11.3 Å². The normalized spacial score (nSPS) is 12.0. The molecule has 0 fully saturated rings. The van der Waals surface area contributed by atoms with E-state index in [1.807, 2.05) is 0 Å². The Bertz CT molecular complexity index is 379. The van der Waals surface area contributed by atoms with E-state index in [0.717, 1.165) is 5.56 Å². The number of hydrogen-bond acceptors (Lipinski definition) is 3. The van der Waals surface area contributed by atoms with Crippen molar-refractivity contribution < 1.29 is 14.6 Å². The SMILES string of the molecule is COc1ccc(CNC(=O)C(C)O)c(Cl)c1. The van der Waals surface area contributed by atoms with Gasteiger partial charge in [0.05, 0.1) is 7.11 Å². The zero-order valence-corrected chi connectivity index (χ0v) is 9.91. The van der Waals surface area contributed by atoms with E-state index in [4.69, 9.17) is 21.4 Å². The van der Waals surface area contributed by atoms with Crippen molar-refractivity contribution in [3.05, 3.63) is 28.8 Å². The first-order valence-corrected chi connectivity index (χ1v) is 5.20. The average Bonchev–Trinajstić information content (AvgIpc) is 2.26. The van der Waals surface area contributed by atoms with E-state index in [1.54, 1.807) is 25.3 Å². The van der Waals surface area contributed by atoms with E-state index in [0.29, 0.717) is 10.8 Å². The second-order valence-electron chi connectivity index (χ2n) is 3.35. The first-order chi connectivity index (χ1) is 7.54. The van der Waals surface area contributed by atoms with E-state index >= 15 is 0 Å². The largest absolute Gasteiger partial charge is 0.497 e. The molecule has 88 valence electrons. The summed E-state index contributed by atoms with van der Waals surface area (Å²) in [6.07, 6.45) is -1.02. The van der Waals surface area contributed by atoms with Crippen LogP contribution in [0.25, 0.3) is 0 Å². The molecule has 1 atom stereocenters. The molecule has 1 aromatic rings. The summed E-state index contributed by atoms with van der Waals surface area (Å²) >= 11 is 5.98. The second-order valence-corrected chi connectivity index (χ2v) is 3.76. The van der Waals surface area contributed by atoms with Crippen LogP contribution in [0.2, 0.25) is 5.02 Å². The van der Waals surface area contributed by atoms with Gasteiger partial charge in [0.2, 0.25) is 5.91 Å². The van der Waals surface area contributed by atoms with Gasteiger partial charge in [-0.05, 0) is 24.6 Å². The van der Waals surface area contributed by atoms with Gasteiger partial charge in [0.1, 0.15) is 11.9 Å². The van der Waals surface area contributed by atoms with Crippen LogP contribution in [0.3, 0.4) is 0 Å². The third kappa shape index (κ3) is 3.40. The third-order valence-corrected chi connectivity index (χ3v) is 2.44. The van der Waals surface area contributed by atoms with Gasteiger partial charge in [-0.2, -0.15) is 0 Å². The van der Waals surface area contributed by atoms with E-state index in [9.17, 15) is 4.79 Å². The number of nitrogens with one attached hydrogen (secondary N) is 1. The van der Waals surface area contributed by atoms with Crippen LogP contribution in [-0.4, -0.2) is 24.2 Å². The number of amides is 1. The molecule has 4 nitrogen and oxygen atoms in total. The van der Waals surface area contributed by atoms with Gasteiger partial charge in [0, 0.05) is 11.6 Å². The maximum absolute atomic E-state index is 11.1. The summed E-state index contributed by atoms with van der Waals surface area (Å²) in [5.74, 6) is 0.238. The van der Waals surface area contributed by atoms with Gasteiger partial charge < -0.3 is 15.2 Å². The molecule has 16 heavy (non-hydrogen) atoms. The highest BCUT2D eigenvalue weighted by Crippen LogP contribution is 2.22. The Morgan fingerprint density at radius 2 is 2.31 bits per heavy atom. The van der Waals surface area contributed by atoms with Crippen molar-refractivity contribution >= 4 is 17.5 Å². The van der Waals surface area contributed by atoms with Crippen LogP contribution in [0.4, 0.5) is 0 Å². The molecule has 2 N–H and O–H groups in total. The number of rotatable bonds is 4. The average molecular weight is 244 g/mol. The maximum Gasteiger partial charge on any atom is 0.248 e. The number of aliphatic hydroxyl groups excluding tert-OH is 1. The molecule has 5 heteroatoms. The monoisotopic (exact) mass is 243 g/mol. The Morgan fingerprint density at radius 1 is 1.62 bits per heavy atom. The highest BCUT2D eigenvalue weighted by molar-refractivity contribution is 6.31. The van der Waals surface area contributed by atoms with E-state index in [2.05, 4.69) is 5.32 Å². The van der Waals surface area contributed by atoms with Crippen molar-refractivity contribution in [3.8, 4) is 5.75 Å². The molecule has 0 heterocycles. The molecule has 1 aromatic carbocycles. The Kier molecular flexibility index (Phi) is 4.58. The minimum absolute atomic E-state index is 0.284. The first-order valence-electron chi connectivity index (χ1n) is 4.82. The molecule has 1 amide bonds. The lowest BCUT2D eigenvalue weighted by atomic mass is 10.2. The summed E-state index contributed by atoms with van der Waals surface area (Å²) in [5, 5.41) is 12.1. The number of carbonyl (C=O) groups is 1. The Hall–Kier alpha value is -1.26. The molecule has 0 spiro atoms. The number of carbonyl (C=O) groups excluding carboxylic acids is 1. The molecule has 0 aliphatic rings. The summed E-state index contributed by atoms with van der Waals surface area (Å²) < 4.78 is 5.00. The summed E-state index contributed by atoms with van der Waals surface area (Å²) in [6, 6.07) is 5.20. The molecule has 0 aliphatic carbocycles. The molecule has 1 rings (SSSR count). The highest BCUT2D eigenvalue weighted by atomic mass is 35.5. The summed E-state index contributed by atoms with van der Waals surface area (Å²) in [5.41, 5.74) is 0.775. The standard InChI is InChI=1S/C11H14ClNO3/c1-7(14)11(15)13-6-8-3-4-9(16-2)5-10(8)12/h3-5,7,14H,6H2,1-2H3,(H,13,15). The lowest BCUT2D eigenvalue weighted by Crippen LogP contribution is -2.32. The number of methoxy groups -OCH3 is 1. The molecule has 0 bridgehead atoms. The van der Waals surface area contributed by atoms with Crippen molar-refractivity contribution in [1.82, 2.24) is 5.32 Å². The fourth-order valence-corrected chi connectivity index (χ4v) is 1.37. The van der Waals surface area contributed by atoms with Crippen LogP contribution >= 0.6 is 11.6 Å². The molecule has 0 saturated carbocycles. The van der Waals surface area contributed by atoms with Crippen LogP contribution in [0.5, 0.6) is 5.75 Å². The fraction of sp³-hybridized carbons (Fsp3) is 0.364. The van der Waals surface area contributed by atoms with Crippen molar-refractivity contribution in [2.24, 2.45) is 0 Å². The van der Waals surface area contributed by atoms with Gasteiger partial charge in [-0.25, -0.2) is 0 Å². The first kappa shape index (κ1) is 12.8. The summed E-state index contributed by atoms with van der Waals surface area (Å²) in [6.45, 7) is 1.69. The van der Waals surface area contributed by atoms with Gasteiger partial charge >= 0.3 is 0 Å². The number of halogens is 1. The third-order valence-electron chi connectivity index (χ3n) is 2.09. The summed E-state index contributed by atoms with van der Waals surface area (Å²) in [4.78, 5) is 11.1. The number of aliphatic hydroxyl groups is 1. The van der Waals surface area contributed by atoms with Crippen molar-refractivity contribution in [1.29, 1.82) is 0 Å². The highest BCUT2D eigenvalue weighted by Gasteiger charge is 2.09. The van der Waals surface area contributed by atoms with E-state index in [-0.39, 0.29) is 6.54 Å². The second kappa shape index (κ2) is 5.72. The Labute approximate surface area is 99.2 Å². The lowest BCUT2D eigenvalue weighted by molar-refractivity contribution is -0.128. The Morgan fingerprint density at radius 3 is 2.81 bits per heavy atom. The molecular weight excluding hydrogens is 230 g/mol. The lowest BCUT2D eigenvalue weighted by Gasteiger charge is -2.09. The minimum Gasteiger partial charge on any atom is -0.497 e. The Balaban J connectivity index is 2.64. The zero-order chi connectivity index (χ0) is 12.1. The fourth-order valence-electron chi connectivity index (χ4n) is 1.13. The van der Waals surface area contributed by atoms with Crippen molar-refractivity contribution in [2.45, 2.75) is 19.6 Å². The van der Waals surface area contributed by atoms with Gasteiger partial charge in [-0.1, -0.05) is 17.7 Å². The van der Waals surface area contributed by atoms with Gasteiger partial charge in [-0.15, -0.1) is 0 Å². The summed E-state index contributed by atoms with van der Waals surface area (Å²) in [7, 11) is 1.56. The van der Waals surface area contributed by atoms with Crippen LogP contribution in [0, 0.1) is 0 Å². The molecule has 0 aliphatic heterocycles. The molecule has 0 saturated heterocycles. The van der Waals surface area contributed by atoms with E-state index in [1.165, 1.54) is 6.92 Å².